The van der Waals surface area contributed by atoms with Gasteiger partial charge in [0.25, 0.3) is 0 Å². The topological polar surface area (TPSA) is 63.4 Å². The summed E-state index contributed by atoms with van der Waals surface area (Å²) in [5.41, 5.74) is 6.76. The van der Waals surface area contributed by atoms with E-state index in [0.29, 0.717) is 17.4 Å². The molecule has 0 saturated heterocycles. The number of aryl methyl sites for hydroxylation is 1. The smallest absolute Gasteiger partial charge is 0.243 e. The van der Waals surface area contributed by atoms with Gasteiger partial charge in [0.15, 0.2) is 0 Å². The van der Waals surface area contributed by atoms with Crippen LogP contribution in [0.3, 0.4) is 0 Å². The van der Waals surface area contributed by atoms with Gasteiger partial charge >= 0.3 is 0 Å². The number of benzene rings is 1. The quantitative estimate of drug-likeness (QED) is 0.877. The summed E-state index contributed by atoms with van der Waals surface area (Å²) in [6.07, 6.45) is 2.16. The molecule has 1 fully saturated rings. The van der Waals surface area contributed by atoms with Gasteiger partial charge in [-0.1, -0.05) is 17.7 Å². The lowest BCUT2D eigenvalue weighted by Gasteiger charge is -2.26. The van der Waals surface area contributed by atoms with Gasteiger partial charge in [0.2, 0.25) is 10.0 Å². The second-order valence-corrected chi connectivity index (χ2v) is 6.97. The lowest BCUT2D eigenvalue weighted by molar-refractivity contribution is 0.340. The molecule has 1 aromatic rings. The third kappa shape index (κ3) is 2.58. The Morgan fingerprint density at radius 3 is 2.33 bits per heavy atom. The fourth-order valence-corrected chi connectivity index (χ4v) is 3.60. The third-order valence-electron chi connectivity index (χ3n) is 3.57. The van der Waals surface area contributed by atoms with Crippen molar-refractivity contribution in [3.8, 4) is 0 Å². The Labute approximate surface area is 109 Å². The highest BCUT2D eigenvalue weighted by atomic mass is 32.2. The van der Waals surface area contributed by atoms with Gasteiger partial charge in [0, 0.05) is 19.6 Å². The summed E-state index contributed by atoms with van der Waals surface area (Å²) in [5.74, 6) is 0.431. The fraction of sp³-hybridized carbons (Fsp3) is 0.538. The van der Waals surface area contributed by atoms with Crippen LogP contribution in [0.2, 0.25) is 0 Å². The van der Waals surface area contributed by atoms with E-state index in [-0.39, 0.29) is 6.04 Å². The van der Waals surface area contributed by atoms with Crippen LogP contribution in [0.15, 0.2) is 29.2 Å². The molecular formula is C13H20N2O2S. The van der Waals surface area contributed by atoms with E-state index in [9.17, 15) is 8.42 Å². The molecule has 0 bridgehead atoms. The van der Waals surface area contributed by atoms with E-state index in [2.05, 4.69) is 0 Å². The molecule has 0 aliphatic heterocycles. The lowest BCUT2D eigenvalue weighted by atomic mass is 10.2. The molecule has 1 unspecified atom stereocenters. The largest absolute Gasteiger partial charge is 0.329 e. The van der Waals surface area contributed by atoms with Crippen LogP contribution in [-0.2, 0) is 10.0 Å². The highest BCUT2D eigenvalue weighted by molar-refractivity contribution is 7.89. The van der Waals surface area contributed by atoms with Crippen molar-refractivity contribution < 1.29 is 8.42 Å². The van der Waals surface area contributed by atoms with Gasteiger partial charge in [-0.2, -0.15) is 4.31 Å². The Hall–Kier alpha value is -0.910. The minimum atomic E-state index is -3.42. The molecule has 0 radical (unpaired) electrons. The molecule has 1 atom stereocenters. The SMILES string of the molecule is Cc1ccc(S(=O)(=O)N(C)C(CN)C2CC2)cc1. The molecule has 0 spiro atoms. The highest BCUT2D eigenvalue weighted by Gasteiger charge is 2.37. The standard InChI is InChI=1S/C13H20N2O2S/c1-10-3-7-12(8-4-10)18(16,17)15(2)13(9-14)11-5-6-11/h3-4,7-8,11,13H,5-6,9,14H2,1-2H3. The predicted molar refractivity (Wildman–Crippen MR) is 71.7 cm³/mol. The first-order valence-electron chi connectivity index (χ1n) is 6.21. The predicted octanol–water partition coefficient (Wildman–Crippen LogP) is 1.35. The van der Waals surface area contributed by atoms with Crippen LogP contribution in [-0.4, -0.2) is 32.4 Å². The van der Waals surface area contributed by atoms with E-state index < -0.39 is 10.0 Å². The normalized spacial score (nSPS) is 18.0. The average molecular weight is 268 g/mol. The van der Waals surface area contributed by atoms with Crippen LogP contribution in [0.25, 0.3) is 0 Å². The first-order chi connectivity index (χ1) is 8.46. The minimum absolute atomic E-state index is 0.0729. The third-order valence-corrected chi connectivity index (χ3v) is 5.47. The molecule has 1 saturated carbocycles. The summed E-state index contributed by atoms with van der Waals surface area (Å²) in [7, 11) is -1.79. The summed E-state index contributed by atoms with van der Waals surface area (Å²) in [6, 6.07) is 6.87. The van der Waals surface area contributed by atoms with Crippen molar-refractivity contribution in [3.05, 3.63) is 29.8 Å². The molecule has 0 heterocycles. The van der Waals surface area contributed by atoms with E-state index in [1.54, 1.807) is 19.2 Å². The van der Waals surface area contributed by atoms with Gasteiger partial charge in [-0.15, -0.1) is 0 Å². The number of rotatable bonds is 5. The minimum Gasteiger partial charge on any atom is -0.329 e. The summed E-state index contributed by atoms with van der Waals surface area (Å²) in [4.78, 5) is 0.342. The lowest BCUT2D eigenvalue weighted by Crippen LogP contribution is -2.43. The molecule has 0 amide bonds. The van der Waals surface area contributed by atoms with Crippen LogP contribution in [0.4, 0.5) is 0 Å². The number of likely N-dealkylation sites (N-methyl/N-ethyl adjacent to an activating group) is 1. The Bertz CT molecular complexity index is 506. The van der Waals surface area contributed by atoms with Gasteiger partial charge < -0.3 is 5.73 Å². The Morgan fingerprint density at radius 1 is 1.33 bits per heavy atom. The molecule has 1 aromatic carbocycles. The van der Waals surface area contributed by atoms with Crippen molar-refractivity contribution in [2.75, 3.05) is 13.6 Å². The van der Waals surface area contributed by atoms with Gasteiger partial charge in [0.05, 0.1) is 4.90 Å². The maximum absolute atomic E-state index is 12.4. The number of sulfonamides is 1. The zero-order valence-electron chi connectivity index (χ0n) is 10.8. The van der Waals surface area contributed by atoms with E-state index in [1.807, 2.05) is 19.1 Å². The van der Waals surface area contributed by atoms with Crippen molar-refractivity contribution in [2.24, 2.45) is 11.7 Å². The summed E-state index contributed by atoms with van der Waals surface area (Å²) in [6.45, 7) is 2.32. The molecule has 1 aliphatic carbocycles. The Morgan fingerprint density at radius 2 is 1.89 bits per heavy atom. The maximum Gasteiger partial charge on any atom is 0.243 e. The monoisotopic (exact) mass is 268 g/mol. The van der Waals surface area contributed by atoms with Crippen molar-refractivity contribution >= 4 is 10.0 Å². The number of hydrogen-bond donors (Lipinski definition) is 1. The van der Waals surface area contributed by atoms with Crippen molar-refractivity contribution in [1.29, 1.82) is 0 Å². The van der Waals surface area contributed by atoms with E-state index in [0.717, 1.165) is 18.4 Å². The fourth-order valence-electron chi connectivity index (χ4n) is 2.17. The Balaban J connectivity index is 2.26. The Kier molecular flexibility index (Phi) is 3.75. The van der Waals surface area contributed by atoms with Crippen LogP contribution in [0.1, 0.15) is 18.4 Å². The molecule has 0 aromatic heterocycles. The molecule has 5 heteroatoms. The number of hydrogen-bond acceptors (Lipinski definition) is 3. The molecule has 2 rings (SSSR count). The number of nitrogens with two attached hydrogens (primary N) is 1. The first kappa shape index (κ1) is 13.5. The molecule has 18 heavy (non-hydrogen) atoms. The second-order valence-electron chi connectivity index (χ2n) is 4.97. The van der Waals surface area contributed by atoms with Crippen molar-refractivity contribution in [2.45, 2.75) is 30.7 Å². The molecule has 100 valence electrons. The second kappa shape index (κ2) is 4.99. The van der Waals surface area contributed by atoms with E-state index in [4.69, 9.17) is 5.73 Å². The summed E-state index contributed by atoms with van der Waals surface area (Å²) in [5, 5.41) is 0. The molecule has 1 aliphatic rings. The van der Waals surface area contributed by atoms with Gasteiger partial charge in [-0.05, 0) is 37.8 Å². The van der Waals surface area contributed by atoms with Crippen molar-refractivity contribution in [1.82, 2.24) is 4.31 Å². The molecule has 4 nitrogen and oxygen atoms in total. The number of nitrogens with zero attached hydrogens (tertiary/aromatic N) is 1. The van der Waals surface area contributed by atoms with Crippen LogP contribution in [0.5, 0.6) is 0 Å². The first-order valence-corrected chi connectivity index (χ1v) is 7.65. The molecule has 2 N–H and O–H groups in total. The summed E-state index contributed by atoms with van der Waals surface area (Å²) < 4.78 is 26.3. The maximum atomic E-state index is 12.4. The van der Waals surface area contributed by atoms with Gasteiger partial charge in [-0.25, -0.2) is 8.42 Å². The summed E-state index contributed by atoms with van der Waals surface area (Å²) >= 11 is 0. The van der Waals surface area contributed by atoms with Crippen molar-refractivity contribution in [3.63, 3.8) is 0 Å². The van der Waals surface area contributed by atoms with Crippen LogP contribution < -0.4 is 5.73 Å². The van der Waals surface area contributed by atoms with E-state index in [1.165, 1.54) is 4.31 Å². The highest BCUT2D eigenvalue weighted by Crippen LogP contribution is 2.36. The zero-order chi connectivity index (χ0) is 13.3. The van der Waals surface area contributed by atoms with E-state index >= 15 is 0 Å². The molecular weight excluding hydrogens is 248 g/mol. The average Bonchev–Trinajstić information content (AvgIpc) is 3.15. The van der Waals surface area contributed by atoms with Gasteiger partial charge in [0.1, 0.15) is 0 Å². The van der Waals surface area contributed by atoms with Crippen LogP contribution >= 0.6 is 0 Å². The van der Waals surface area contributed by atoms with Crippen LogP contribution in [0, 0.1) is 12.8 Å². The zero-order valence-corrected chi connectivity index (χ0v) is 11.7. The van der Waals surface area contributed by atoms with Gasteiger partial charge in [-0.3, -0.25) is 0 Å².